The number of hydrogen-bond donors (Lipinski definition) is 0. The summed E-state index contributed by atoms with van der Waals surface area (Å²) in [7, 11) is 0. The maximum atomic E-state index is 5.90. The van der Waals surface area contributed by atoms with Crippen LogP contribution in [0.5, 0.6) is 5.75 Å². The zero-order valence-electron chi connectivity index (χ0n) is 15.3. The second-order valence-electron chi connectivity index (χ2n) is 7.64. The van der Waals surface area contributed by atoms with Crippen LogP contribution in [0.4, 0.5) is 5.95 Å². The van der Waals surface area contributed by atoms with Gasteiger partial charge in [-0.2, -0.15) is 0 Å². The first-order valence-corrected chi connectivity index (χ1v) is 9.99. The number of nitrogens with zero attached hydrogens (tertiary/aromatic N) is 3. The van der Waals surface area contributed by atoms with Gasteiger partial charge in [-0.05, 0) is 62.5 Å². The highest BCUT2D eigenvalue weighted by Gasteiger charge is 2.43. The quantitative estimate of drug-likeness (QED) is 0.733. The van der Waals surface area contributed by atoms with Gasteiger partial charge < -0.3 is 9.64 Å². The Hall–Kier alpha value is -1.81. The summed E-state index contributed by atoms with van der Waals surface area (Å²) in [6, 6.07) is 8.34. The molecular weight excluding hydrogens is 346 g/mol. The molecule has 0 bridgehead atoms. The van der Waals surface area contributed by atoms with Gasteiger partial charge in [0.25, 0.3) is 0 Å². The standard InChI is InChI=1S/C21H26ClN3O/c1-15-2-4-19(5-3-15)26-11-8-17-12-20(17)16-6-9-25(10-7-16)21-23-13-18(22)14-24-21/h2-5,13-14,16-17,20H,6-12H2,1H3/t17-,20+/m0/s1. The lowest BCUT2D eigenvalue weighted by Crippen LogP contribution is -2.35. The summed E-state index contributed by atoms with van der Waals surface area (Å²) in [5.74, 6) is 4.40. The van der Waals surface area contributed by atoms with Gasteiger partial charge in [-0.15, -0.1) is 0 Å². The van der Waals surface area contributed by atoms with E-state index in [1.807, 2.05) is 0 Å². The van der Waals surface area contributed by atoms with Crippen molar-refractivity contribution >= 4 is 17.5 Å². The van der Waals surface area contributed by atoms with Crippen molar-refractivity contribution in [3.8, 4) is 5.75 Å². The smallest absolute Gasteiger partial charge is 0.225 e. The zero-order chi connectivity index (χ0) is 17.9. The normalized spacial score (nSPS) is 23.1. The molecule has 26 heavy (non-hydrogen) atoms. The second kappa shape index (κ2) is 7.83. The van der Waals surface area contributed by atoms with E-state index >= 15 is 0 Å². The van der Waals surface area contributed by atoms with Crippen molar-refractivity contribution in [2.45, 2.75) is 32.6 Å². The molecule has 1 saturated carbocycles. The molecular formula is C21H26ClN3O. The monoisotopic (exact) mass is 371 g/mol. The highest BCUT2D eigenvalue weighted by molar-refractivity contribution is 6.30. The SMILES string of the molecule is Cc1ccc(OCC[C@H]2C[C@@H]2C2CCN(c3ncc(Cl)cn3)CC2)cc1. The van der Waals surface area contributed by atoms with E-state index in [4.69, 9.17) is 16.3 Å². The highest BCUT2D eigenvalue weighted by atomic mass is 35.5. The summed E-state index contributed by atoms with van der Waals surface area (Å²) in [6.45, 7) is 5.04. The predicted molar refractivity (Wildman–Crippen MR) is 105 cm³/mol. The zero-order valence-corrected chi connectivity index (χ0v) is 16.0. The van der Waals surface area contributed by atoms with Crippen LogP contribution in [0.3, 0.4) is 0 Å². The van der Waals surface area contributed by atoms with Gasteiger partial charge in [0.15, 0.2) is 0 Å². The van der Waals surface area contributed by atoms with Crippen LogP contribution in [0.15, 0.2) is 36.7 Å². The second-order valence-corrected chi connectivity index (χ2v) is 8.07. The van der Waals surface area contributed by atoms with Crippen LogP contribution >= 0.6 is 11.6 Å². The van der Waals surface area contributed by atoms with Crippen molar-refractivity contribution < 1.29 is 4.74 Å². The van der Waals surface area contributed by atoms with E-state index in [0.717, 1.165) is 49.1 Å². The topological polar surface area (TPSA) is 38.2 Å². The lowest BCUT2D eigenvalue weighted by Gasteiger charge is -2.32. The number of rotatable bonds is 6. The largest absolute Gasteiger partial charge is 0.494 e. The lowest BCUT2D eigenvalue weighted by molar-refractivity contribution is 0.284. The van der Waals surface area contributed by atoms with Crippen molar-refractivity contribution in [2.75, 3.05) is 24.6 Å². The Balaban J connectivity index is 1.18. The molecule has 2 heterocycles. The molecule has 4 rings (SSSR count). The average Bonchev–Trinajstić information content (AvgIpc) is 3.44. The molecule has 1 saturated heterocycles. The Bertz CT molecular complexity index is 711. The Labute approximate surface area is 160 Å². The van der Waals surface area contributed by atoms with Gasteiger partial charge >= 0.3 is 0 Å². The summed E-state index contributed by atoms with van der Waals surface area (Å²) in [4.78, 5) is 11.0. The molecule has 2 atom stereocenters. The maximum Gasteiger partial charge on any atom is 0.225 e. The molecule has 138 valence electrons. The Morgan fingerprint density at radius 2 is 1.81 bits per heavy atom. The van der Waals surface area contributed by atoms with Crippen molar-refractivity contribution in [3.05, 3.63) is 47.2 Å². The van der Waals surface area contributed by atoms with Crippen molar-refractivity contribution in [1.29, 1.82) is 0 Å². The number of piperidine rings is 1. The lowest BCUT2D eigenvalue weighted by atomic mass is 9.90. The van der Waals surface area contributed by atoms with Gasteiger partial charge in [0.2, 0.25) is 5.95 Å². The number of ether oxygens (including phenoxy) is 1. The molecule has 4 nitrogen and oxygen atoms in total. The number of benzene rings is 1. The van der Waals surface area contributed by atoms with E-state index in [-0.39, 0.29) is 0 Å². The maximum absolute atomic E-state index is 5.90. The fourth-order valence-corrected chi connectivity index (χ4v) is 4.24. The van der Waals surface area contributed by atoms with E-state index in [0.29, 0.717) is 5.02 Å². The van der Waals surface area contributed by atoms with Crippen molar-refractivity contribution in [3.63, 3.8) is 0 Å². The summed E-state index contributed by atoms with van der Waals surface area (Å²) in [5.41, 5.74) is 1.27. The number of aromatic nitrogens is 2. The molecule has 0 unspecified atom stereocenters. The molecule has 2 aliphatic rings. The molecule has 1 aromatic heterocycles. The van der Waals surface area contributed by atoms with Crippen molar-refractivity contribution in [2.24, 2.45) is 17.8 Å². The Morgan fingerprint density at radius 3 is 2.50 bits per heavy atom. The van der Waals surface area contributed by atoms with Gasteiger partial charge in [-0.25, -0.2) is 9.97 Å². The van der Waals surface area contributed by atoms with E-state index in [9.17, 15) is 0 Å². The first kappa shape index (κ1) is 17.6. The molecule has 1 aliphatic heterocycles. The van der Waals surface area contributed by atoms with E-state index in [1.165, 1.54) is 31.2 Å². The highest BCUT2D eigenvalue weighted by Crippen LogP contribution is 2.49. The predicted octanol–water partition coefficient (Wildman–Crippen LogP) is 4.76. The minimum Gasteiger partial charge on any atom is -0.494 e. The number of hydrogen-bond acceptors (Lipinski definition) is 4. The molecule has 0 amide bonds. The van der Waals surface area contributed by atoms with E-state index in [2.05, 4.69) is 46.1 Å². The molecule has 0 spiro atoms. The Kier molecular flexibility index (Phi) is 5.30. The molecule has 0 N–H and O–H groups in total. The third-order valence-corrected chi connectivity index (χ3v) is 5.99. The van der Waals surface area contributed by atoms with Gasteiger partial charge in [0.1, 0.15) is 5.75 Å². The Morgan fingerprint density at radius 1 is 1.12 bits per heavy atom. The van der Waals surface area contributed by atoms with Crippen LogP contribution in [-0.2, 0) is 0 Å². The van der Waals surface area contributed by atoms with E-state index in [1.54, 1.807) is 12.4 Å². The van der Waals surface area contributed by atoms with Crippen molar-refractivity contribution in [1.82, 2.24) is 9.97 Å². The molecule has 5 heteroatoms. The third-order valence-electron chi connectivity index (χ3n) is 5.79. The van der Waals surface area contributed by atoms with Gasteiger partial charge in [0, 0.05) is 13.1 Å². The molecule has 1 aromatic carbocycles. The van der Waals surface area contributed by atoms with Crippen LogP contribution in [0.2, 0.25) is 5.02 Å². The fourth-order valence-electron chi connectivity index (χ4n) is 4.14. The van der Waals surface area contributed by atoms with Crippen LogP contribution in [0.1, 0.15) is 31.2 Å². The summed E-state index contributed by atoms with van der Waals surface area (Å²) >= 11 is 5.87. The number of aryl methyl sites for hydroxylation is 1. The number of anilines is 1. The first-order valence-electron chi connectivity index (χ1n) is 9.61. The third kappa shape index (κ3) is 4.29. The molecule has 0 radical (unpaired) electrons. The summed E-state index contributed by atoms with van der Waals surface area (Å²) < 4.78 is 5.90. The molecule has 2 aromatic rings. The van der Waals surface area contributed by atoms with Crippen LogP contribution < -0.4 is 9.64 Å². The fraction of sp³-hybridized carbons (Fsp3) is 0.524. The van der Waals surface area contributed by atoms with Crippen LogP contribution in [0.25, 0.3) is 0 Å². The average molecular weight is 372 g/mol. The van der Waals surface area contributed by atoms with Crippen LogP contribution in [-0.4, -0.2) is 29.7 Å². The van der Waals surface area contributed by atoms with Gasteiger partial charge in [-0.3, -0.25) is 0 Å². The molecule has 1 aliphatic carbocycles. The minimum atomic E-state index is 0.595. The number of halogens is 1. The van der Waals surface area contributed by atoms with E-state index < -0.39 is 0 Å². The van der Waals surface area contributed by atoms with Gasteiger partial charge in [0.05, 0.1) is 24.0 Å². The first-order chi connectivity index (χ1) is 12.7. The molecule has 2 fully saturated rings. The summed E-state index contributed by atoms with van der Waals surface area (Å²) in [6.07, 6.45) is 8.40. The summed E-state index contributed by atoms with van der Waals surface area (Å²) in [5, 5.41) is 0.595. The van der Waals surface area contributed by atoms with Crippen LogP contribution in [0, 0.1) is 24.7 Å². The minimum absolute atomic E-state index is 0.595. The van der Waals surface area contributed by atoms with Gasteiger partial charge in [-0.1, -0.05) is 29.3 Å².